The summed E-state index contributed by atoms with van der Waals surface area (Å²) in [5.74, 6) is -2.85. The molecule has 3 heterocycles. The van der Waals surface area contributed by atoms with E-state index in [1.807, 2.05) is 0 Å². The van der Waals surface area contributed by atoms with Crippen molar-refractivity contribution >= 4 is 51.0 Å². The van der Waals surface area contributed by atoms with Crippen LogP contribution in [-0.2, 0) is 27.8 Å². The van der Waals surface area contributed by atoms with Crippen LogP contribution >= 0.6 is 11.3 Å². The number of fused-ring (bicyclic) bond motifs is 2. The van der Waals surface area contributed by atoms with Gasteiger partial charge in [-0.2, -0.15) is 13.2 Å². The Kier molecular flexibility index (Phi) is 6.88. The molecule has 2 aliphatic heterocycles. The molecule has 2 aromatic carbocycles. The van der Waals surface area contributed by atoms with Gasteiger partial charge in [0, 0.05) is 23.6 Å². The van der Waals surface area contributed by atoms with Crippen LogP contribution in [0.4, 0.5) is 28.0 Å². The first-order valence-electron chi connectivity index (χ1n) is 12.3. The summed E-state index contributed by atoms with van der Waals surface area (Å²) < 4.78 is 61.0. The molecular weight excluding hydrogens is 570 g/mol. The zero-order chi connectivity index (χ0) is 29.9. The van der Waals surface area contributed by atoms with Gasteiger partial charge in [-0.15, -0.1) is 11.3 Å². The van der Waals surface area contributed by atoms with E-state index in [9.17, 15) is 32.3 Å². The van der Waals surface area contributed by atoms with Crippen molar-refractivity contribution < 1.29 is 41.5 Å². The van der Waals surface area contributed by atoms with Gasteiger partial charge in [0.25, 0.3) is 5.91 Å². The number of hydrogen-bond acceptors (Lipinski definition) is 7. The highest BCUT2D eigenvalue weighted by Crippen LogP contribution is 2.41. The summed E-state index contributed by atoms with van der Waals surface area (Å²) in [6, 6.07) is 2.92. The average Bonchev–Trinajstić information content (AvgIpc) is 3.46. The number of alkyl halides is 3. The first-order chi connectivity index (χ1) is 19.2. The second kappa shape index (κ2) is 9.98. The molecule has 3 aromatic rings. The maximum atomic E-state index is 15.4. The largest absolute Gasteiger partial charge is 0.496 e. The lowest BCUT2D eigenvalue weighted by molar-refractivity contribution is -0.139. The van der Waals surface area contributed by atoms with E-state index in [1.165, 1.54) is 23.1 Å². The molecule has 216 valence electrons. The molecule has 0 saturated carbocycles. The van der Waals surface area contributed by atoms with Gasteiger partial charge in [-0.1, -0.05) is 0 Å². The van der Waals surface area contributed by atoms with Crippen LogP contribution in [0.1, 0.15) is 53.2 Å². The Balaban J connectivity index is 1.33. The minimum atomic E-state index is -4.65. The molecule has 15 heteroatoms. The quantitative estimate of drug-likeness (QED) is 0.299. The van der Waals surface area contributed by atoms with Crippen LogP contribution in [0.25, 0.3) is 10.2 Å². The van der Waals surface area contributed by atoms with Crippen LogP contribution in [-0.4, -0.2) is 46.8 Å². The summed E-state index contributed by atoms with van der Waals surface area (Å²) in [6.07, 6.45) is -4.49. The highest BCUT2D eigenvalue weighted by atomic mass is 32.1. The Morgan fingerprint density at radius 1 is 1.20 bits per heavy atom. The Morgan fingerprint density at radius 2 is 1.93 bits per heavy atom. The van der Waals surface area contributed by atoms with E-state index in [-0.39, 0.29) is 47.5 Å². The third-order valence-corrected chi connectivity index (χ3v) is 8.22. The van der Waals surface area contributed by atoms with E-state index >= 15 is 4.39 Å². The van der Waals surface area contributed by atoms with Gasteiger partial charge in [0.05, 0.1) is 40.7 Å². The predicted molar refractivity (Wildman–Crippen MR) is 139 cm³/mol. The van der Waals surface area contributed by atoms with Gasteiger partial charge in [0.2, 0.25) is 11.8 Å². The minimum Gasteiger partial charge on any atom is -0.496 e. The zero-order valence-corrected chi connectivity index (χ0v) is 22.7. The molecule has 1 aromatic heterocycles. The Hall–Kier alpha value is -4.27. The molecule has 3 N–H and O–H groups in total. The Bertz CT molecular complexity index is 1620. The number of aromatic nitrogens is 1. The van der Waals surface area contributed by atoms with Gasteiger partial charge in [0.1, 0.15) is 16.8 Å². The molecular formula is C26H23F4N5O5S. The van der Waals surface area contributed by atoms with Crippen LogP contribution in [0.15, 0.2) is 24.3 Å². The molecule has 0 radical (unpaired) electrons. The Morgan fingerprint density at radius 3 is 2.59 bits per heavy atom. The summed E-state index contributed by atoms with van der Waals surface area (Å²) in [7, 11) is 1.13. The second-order valence-corrected chi connectivity index (χ2v) is 11.1. The van der Waals surface area contributed by atoms with E-state index in [0.29, 0.717) is 9.71 Å². The van der Waals surface area contributed by atoms with Gasteiger partial charge in [0.15, 0.2) is 5.82 Å². The summed E-state index contributed by atoms with van der Waals surface area (Å²) in [6.45, 7) is 2.95. The Labute approximate surface area is 234 Å². The van der Waals surface area contributed by atoms with Crippen molar-refractivity contribution in [1.82, 2.24) is 20.5 Å². The number of urea groups is 1. The zero-order valence-electron chi connectivity index (χ0n) is 21.9. The topological polar surface area (TPSA) is 130 Å². The van der Waals surface area contributed by atoms with Crippen LogP contribution in [0.3, 0.4) is 0 Å². The van der Waals surface area contributed by atoms with Crippen molar-refractivity contribution in [2.75, 3.05) is 12.4 Å². The first-order valence-corrected chi connectivity index (χ1v) is 13.1. The third-order valence-electron chi connectivity index (χ3n) is 6.87. The first kappa shape index (κ1) is 28.3. The number of amides is 5. The fourth-order valence-electron chi connectivity index (χ4n) is 4.80. The summed E-state index contributed by atoms with van der Waals surface area (Å²) >= 11 is 1.06. The number of methoxy groups -OCH3 is 1. The normalized spacial score (nSPS) is 17.5. The molecule has 0 aliphatic carbocycles. The lowest BCUT2D eigenvalue weighted by Gasteiger charge is -2.29. The van der Waals surface area contributed by atoms with E-state index in [4.69, 9.17) is 4.74 Å². The number of anilines is 1. The lowest BCUT2D eigenvalue weighted by Crippen LogP contribution is -2.52. The SMILES string of the molecule is COc1cc2sc(C(C)(C)NC(=O)Nc3ccc4c(c3F)CN(C3CCC(=O)NC3=O)C4=O)nc2cc1C(F)(F)F. The maximum absolute atomic E-state index is 15.4. The summed E-state index contributed by atoms with van der Waals surface area (Å²) in [5, 5.41) is 7.51. The fourth-order valence-corrected chi connectivity index (χ4v) is 5.84. The molecule has 0 bridgehead atoms. The number of carbonyl (C=O) groups excluding carboxylic acids is 4. The lowest BCUT2D eigenvalue weighted by atomic mass is 10.0. The maximum Gasteiger partial charge on any atom is 0.420 e. The van der Waals surface area contributed by atoms with Gasteiger partial charge in [-0.05, 0) is 38.5 Å². The van der Waals surface area contributed by atoms with Gasteiger partial charge in [-0.25, -0.2) is 14.2 Å². The van der Waals surface area contributed by atoms with Crippen molar-refractivity contribution in [2.45, 2.75) is 51.0 Å². The van der Waals surface area contributed by atoms with E-state index in [1.54, 1.807) is 13.8 Å². The van der Waals surface area contributed by atoms with E-state index in [2.05, 4.69) is 20.9 Å². The van der Waals surface area contributed by atoms with E-state index < -0.39 is 52.9 Å². The molecule has 41 heavy (non-hydrogen) atoms. The molecule has 2 aliphatic rings. The predicted octanol–water partition coefficient (Wildman–Crippen LogP) is 4.28. The average molecular weight is 594 g/mol. The standard InChI is InChI=1S/C26H23F4N5O5S/c1-25(2,23-31-15-8-13(26(28,29)30)17(40-3)9-18(15)41-23)34-24(39)32-14-5-4-11-12(20(14)27)10-35(22(11)38)16-6-7-19(36)33-21(16)37/h4-5,8-9,16H,6-7,10H2,1-3H3,(H2,32,34,39)(H,33,36,37). The van der Waals surface area contributed by atoms with Crippen LogP contribution in [0.2, 0.25) is 0 Å². The summed E-state index contributed by atoms with van der Waals surface area (Å²) in [4.78, 5) is 54.9. The number of piperidine rings is 1. The molecule has 1 saturated heterocycles. The van der Waals surface area contributed by atoms with Crippen molar-refractivity contribution in [3.63, 3.8) is 0 Å². The number of ether oxygens (including phenoxy) is 1. The molecule has 1 unspecified atom stereocenters. The number of benzene rings is 2. The van der Waals surface area contributed by atoms with Crippen molar-refractivity contribution in [3.05, 3.63) is 51.8 Å². The van der Waals surface area contributed by atoms with Crippen molar-refractivity contribution in [1.29, 1.82) is 0 Å². The number of hydrogen-bond donors (Lipinski definition) is 3. The molecule has 5 rings (SSSR count). The number of carbonyl (C=O) groups is 4. The number of imide groups is 1. The van der Waals surface area contributed by atoms with Crippen molar-refractivity contribution in [3.8, 4) is 5.75 Å². The molecule has 1 fully saturated rings. The fraction of sp³-hybridized carbons (Fsp3) is 0.346. The number of nitrogens with zero attached hydrogens (tertiary/aromatic N) is 2. The summed E-state index contributed by atoms with van der Waals surface area (Å²) in [5.41, 5.74) is -2.26. The highest BCUT2D eigenvalue weighted by Gasteiger charge is 2.41. The van der Waals surface area contributed by atoms with E-state index in [0.717, 1.165) is 24.5 Å². The number of nitrogens with one attached hydrogen (secondary N) is 3. The third kappa shape index (κ3) is 5.16. The van der Waals surface area contributed by atoms with Crippen LogP contribution in [0.5, 0.6) is 5.75 Å². The van der Waals surface area contributed by atoms with Gasteiger partial charge in [-0.3, -0.25) is 19.7 Å². The molecule has 10 nitrogen and oxygen atoms in total. The molecule has 1 atom stereocenters. The van der Waals surface area contributed by atoms with Crippen LogP contribution in [0, 0.1) is 5.82 Å². The monoisotopic (exact) mass is 593 g/mol. The minimum absolute atomic E-state index is 0.00245. The van der Waals surface area contributed by atoms with Crippen molar-refractivity contribution in [2.24, 2.45) is 0 Å². The highest BCUT2D eigenvalue weighted by molar-refractivity contribution is 7.18. The molecule has 0 spiro atoms. The number of thiazole rings is 1. The second-order valence-electron chi connectivity index (χ2n) is 10.1. The van der Waals surface area contributed by atoms with Crippen LogP contribution < -0.4 is 20.7 Å². The number of halogens is 4. The number of rotatable bonds is 5. The smallest absolute Gasteiger partial charge is 0.420 e. The van der Waals surface area contributed by atoms with Gasteiger partial charge >= 0.3 is 12.2 Å². The molecule has 5 amide bonds. The van der Waals surface area contributed by atoms with Gasteiger partial charge < -0.3 is 20.3 Å².